The predicted octanol–water partition coefficient (Wildman–Crippen LogP) is 3.22. The number of carbonyl (C=O) groups is 1. The van der Waals surface area contributed by atoms with E-state index in [1.54, 1.807) is 31.2 Å². The van der Waals surface area contributed by atoms with Crippen LogP contribution in [0.5, 0.6) is 0 Å². The van der Waals surface area contributed by atoms with Crippen molar-refractivity contribution in [2.24, 2.45) is 5.73 Å². The lowest BCUT2D eigenvalue weighted by molar-refractivity contribution is -0.120. The number of nitrogens with two attached hydrogens (primary N) is 1. The first kappa shape index (κ1) is 16.2. The summed E-state index contributed by atoms with van der Waals surface area (Å²) in [5, 5.41) is 3.35. The number of hydrogen-bond acceptors (Lipinski definition) is 2. The Bertz CT molecular complexity index is 381. The molecule has 1 unspecified atom stereocenters. The summed E-state index contributed by atoms with van der Waals surface area (Å²) in [6.07, 6.45) is 1.52. The highest BCUT2D eigenvalue weighted by Gasteiger charge is 2.26. The number of hydrogen-bond donors (Lipinski definition) is 2. The highest BCUT2D eigenvalue weighted by atomic mass is 35.5. The third-order valence-electron chi connectivity index (χ3n) is 2.37. The van der Waals surface area contributed by atoms with Crippen LogP contribution >= 0.6 is 24.0 Å². The quantitative estimate of drug-likeness (QED) is 0.887. The molecule has 1 aromatic rings. The summed E-state index contributed by atoms with van der Waals surface area (Å²) in [5.41, 5.74) is 5.75. The Balaban J connectivity index is 0.00000256. The lowest BCUT2D eigenvalue weighted by atomic mass is 9.96. The molecule has 0 saturated heterocycles. The molecule has 3 N–H and O–H groups in total. The van der Waals surface area contributed by atoms with Gasteiger partial charge in [0.05, 0.1) is 5.54 Å². The molecule has 0 saturated carbocycles. The summed E-state index contributed by atoms with van der Waals surface area (Å²) in [5.74, 6) is -0.184. The van der Waals surface area contributed by atoms with Crippen molar-refractivity contribution in [3.8, 4) is 0 Å². The molecule has 0 heterocycles. The van der Waals surface area contributed by atoms with Gasteiger partial charge in [0.1, 0.15) is 0 Å². The van der Waals surface area contributed by atoms with Crippen molar-refractivity contribution >= 4 is 35.6 Å². The number of nitrogens with one attached hydrogen (secondary N) is 1. The Labute approximate surface area is 113 Å². The Hall–Kier alpha value is -0.770. The minimum absolute atomic E-state index is 0. The van der Waals surface area contributed by atoms with Crippen molar-refractivity contribution in [2.45, 2.75) is 32.2 Å². The maximum atomic E-state index is 11.9. The molecular formula is C12H18Cl2N2O. The van der Waals surface area contributed by atoms with Crippen LogP contribution in [-0.4, -0.2) is 11.4 Å². The van der Waals surface area contributed by atoms with Gasteiger partial charge in [-0.15, -0.1) is 12.4 Å². The number of carbonyl (C=O) groups excluding carboxylic acids is 1. The molecule has 1 amide bonds. The van der Waals surface area contributed by atoms with Crippen molar-refractivity contribution in [1.82, 2.24) is 0 Å². The Morgan fingerprint density at radius 3 is 2.71 bits per heavy atom. The van der Waals surface area contributed by atoms with Crippen molar-refractivity contribution in [3.05, 3.63) is 29.3 Å². The van der Waals surface area contributed by atoms with Crippen LogP contribution in [0.4, 0.5) is 5.69 Å². The molecule has 0 aromatic heterocycles. The van der Waals surface area contributed by atoms with Gasteiger partial charge in [0.25, 0.3) is 0 Å². The molecule has 0 bridgehead atoms. The molecule has 17 heavy (non-hydrogen) atoms. The van der Waals surface area contributed by atoms with Crippen LogP contribution in [0.2, 0.25) is 5.02 Å². The van der Waals surface area contributed by atoms with E-state index in [4.69, 9.17) is 17.3 Å². The van der Waals surface area contributed by atoms with Gasteiger partial charge in [0.15, 0.2) is 0 Å². The minimum atomic E-state index is -0.836. The van der Waals surface area contributed by atoms with E-state index in [2.05, 4.69) is 5.32 Å². The molecule has 0 spiro atoms. The van der Waals surface area contributed by atoms with Crippen LogP contribution in [-0.2, 0) is 4.79 Å². The van der Waals surface area contributed by atoms with Crippen molar-refractivity contribution in [3.63, 3.8) is 0 Å². The van der Waals surface area contributed by atoms with E-state index in [0.717, 1.165) is 6.42 Å². The normalized spacial score (nSPS) is 13.4. The highest BCUT2D eigenvalue weighted by molar-refractivity contribution is 6.30. The lowest BCUT2D eigenvalue weighted by Gasteiger charge is -2.22. The molecular weight excluding hydrogens is 259 g/mol. The summed E-state index contributed by atoms with van der Waals surface area (Å²) >= 11 is 5.82. The molecule has 0 aliphatic heterocycles. The maximum Gasteiger partial charge on any atom is 0.244 e. The Morgan fingerprint density at radius 1 is 1.53 bits per heavy atom. The van der Waals surface area contributed by atoms with E-state index in [-0.39, 0.29) is 18.3 Å². The summed E-state index contributed by atoms with van der Waals surface area (Å²) in [4.78, 5) is 11.9. The second kappa shape index (κ2) is 6.84. The number of rotatable bonds is 4. The topological polar surface area (TPSA) is 55.1 Å². The number of anilines is 1. The van der Waals surface area contributed by atoms with Crippen LogP contribution in [0, 0.1) is 0 Å². The van der Waals surface area contributed by atoms with Gasteiger partial charge in [0.2, 0.25) is 5.91 Å². The van der Waals surface area contributed by atoms with Crippen LogP contribution in [0.15, 0.2) is 24.3 Å². The molecule has 0 aliphatic carbocycles. The van der Waals surface area contributed by atoms with Gasteiger partial charge in [-0.2, -0.15) is 0 Å². The number of amides is 1. The number of benzene rings is 1. The first-order valence-corrected chi connectivity index (χ1v) is 5.69. The molecule has 1 rings (SSSR count). The Kier molecular flexibility index (Phi) is 6.53. The van der Waals surface area contributed by atoms with Gasteiger partial charge in [-0.1, -0.05) is 31.0 Å². The average molecular weight is 277 g/mol. The SMILES string of the molecule is CCCC(C)(N)C(=O)Nc1cccc(Cl)c1.Cl. The summed E-state index contributed by atoms with van der Waals surface area (Å²) in [6, 6.07) is 7.02. The molecule has 96 valence electrons. The molecule has 5 heteroatoms. The molecule has 1 atom stereocenters. The zero-order chi connectivity index (χ0) is 12.2. The van der Waals surface area contributed by atoms with E-state index < -0.39 is 5.54 Å². The summed E-state index contributed by atoms with van der Waals surface area (Å²) in [7, 11) is 0. The van der Waals surface area contributed by atoms with E-state index in [1.165, 1.54) is 0 Å². The van der Waals surface area contributed by atoms with Gasteiger partial charge in [0, 0.05) is 10.7 Å². The standard InChI is InChI=1S/C12H17ClN2O.ClH/c1-3-7-12(2,14)11(16)15-10-6-4-5-9(13)8-10;/h4-6,8H,3,7,14H2,1-2H3,(H,15,16);1H. The minimum Gasteiger partial charge on any atom is -0.324 e. The van der Waals surface area contributed by atoms with Gasteiger partial charge in [-0.05, 0) is 31.5 Å². The van der Waals surface area contributed by atoms with Crippen LogP contribution in [0.25, 0.3) is 0 Å². The molecule has 0 fully saturated rings. The second-order valence-corrected chi connectivity index (χ2v) is 4.57. The Morgan fingerprint density at radius 2 is 2.18 bits per heavy atom. The smallest absolute Gasteiger partial charge is 0.244 e. The molecule has 0 radical (unpaired) electrons. The fourth-order valence-corrected chi connectivity index (χ4v) is 1.66. The van der Waals surface area contributed by atoms with E-state index >= 15 is 0 Å². The first-order chi connectivity index (χ1) is 7.45. The number of halogens is 2. The average Bonchev–Trinajstić information content (AvgIpc) is 2.17. The van der Waals surface area contributed by atoms with Crippen molar-refractivity contribution < 1.29 is 4.79 Å². The molecule has 1 aromatic carbocycles. The fraction of sp³-hybridized carbons (Fsp3) is 0.417. The van der Waals surface area contributed by atoms with Gasteiger partial charge in [-0.3, -0.25) is 4.79 Å². The first-order valence-electron chi connectivity index (χ1n) is 5.31. The van der Waals surface area contributed by atoms with Gasteiger partial charge >= 0.3 is 0 Å². The van der Waals surface area contributed by atoms with Crippen LogP contribution in [0.3, 0.4) is 0 Å². The summed E-state index contributed by atoms with van der Waals surface area (Å²) < 4.78 is 0. The largest absolute Gasteiger partial charge is 0.324 e. The zero-order valence-corrected chi connectivity index (χ0v) is 11.6. The molecule has 0 aliphatic rings. The van der Waals surface area contributed by atoms with E-state index in [1.807, 2.05) is 6.92 Å². The highest BCUT2D eigenvalue weighted by Crippen LogP contribution is 2.17. The van der Waals surface area contributed by atoms with Crippen molar-refractivity contribution in [1.29, 1.82) is 0 Å². The zero-order valence-electron chi connectivity index (χ0n) is 10.00. The third kappa shape index (κ3) is 4.94. The lowest BCUT2D eigenvalue weighted by Crippen LogP contribution is -2.48. The summed E-state index contributed by atoms with van der Waals surface area (Å²) in [6.45, 7) is 3.73. The van der Waals surface area contributed by atoms with E-state index in [9.17, 15) is 4.79 Å². The van der Waals surface area contributed by atoms with Crippen LogP contribution < -0.4 is 11.1 Å². The van der Waals surface area contributed by atoms with E-state index in [0.29, 0.717) is 17.1 Å². The predicted molar refractivity (Wildman–Crippen MR) is 74.8 cm³/mol. The fourth-order valence-electron chi connectivity index (χ4n) is 1.47. The monoisotopic (exact) mass is 276 g/mol. The van der Waals surface area contributed by atoms with Crippen LogP contribution in [0.1, 0.15) is 26.7 Å². The van der Waals surface area contributed by atoms with Crippen molar-refractivity contribution in [2.75, 3.05) is 5.32 Å². The molecule has 3 nitrogen and oxygen atoms in total. The second-order valence-electron chi connectivity index (χ2n) is 4.13. The van der Waals surface area contributed by atoms with Gasteiger partial charge in [-0.25, -0.2) is 0 Å². The maximum absolute atomic E-state index is 11.9. The van der Waals surface area contributed by atoms with Gasteiger partial charge < -0.3 is 11.1 Å². The third-order valence-corrected chi connectivity index (χ3v) is 2.61.